The van der Waals surface area contributed by atoms with E-state index in [9.17, 15) is 14.9 Å². The third-order valence-corrected chi connectivity index (χ3v) is 2.62. The first kappa shape index (κ1) is 14.1. The van der Waals surface area contributed by atoms with E-state index in [-0.39, 0.29) is 11.6 Å². The van der Waals surface area contributed by atoms with Crippen LogP contribution in [0.1, 0.15) is 24.0 Å². The summed E-state index contributed by atoms with van der Waals surface area (Å²) in [5, 5.41) is 13.5. The highest BCUT2D eigenvalue weighted by molar-refractivity contribution is 5.91. The highest BCUT2D eigenvalue weighted by Gasteiger charge is 2.14. The molecule has 6 nitrogen and oxygen atoms in total. The van der Waals surface area contributed by atoms with Crippen molar-refractivity contribution in [2.24, 2.45) is 5.73 Å². The van der Waals surface area contributed by atoms with Gasteiger partial charge in [-0.15, -0.1) is 0 Å². The van der Waals surface area contributed by atoms with Crippen LogP contribution < -0.4 is 11.1 Å². The SMILES string of the molecule is Cc1cc([N+](=O)[O-])c(C)cc1NC(=O)CCCN. The number of nitrogens with two attached hydrogens (primary N) is 1. The van der Waals surface area contributed by atoms with Crippen LogP contribution in [0.3, 0.4) is 0 Å². The van der Waals surface area contributed by atoms with E-state index in [2.05, 4.69) is 5.32 Å². The molecule has 1 aromatic rings. The van der Waals surface area contributed by atoms with Crippen molar-refractivity contribution in [1.82, 2.24) is 0 Å². The average molecular weight is 251 g/mol. The second-order valence-corrected chi connectivity index (χ2v) is 4.15. The van der Waals surface area contributed by atoms with Crippen LogP contribution >= 0.6 is 0 Å². The number of nitrogens with zero attached hydrogens (tertiary/aromatic N) is 1. The first-order valence-electron chi connectivity index (χ1n) is 5.71. The molecule has 0 unspecified atom stereocenters. The smallest absolute Gasteiger partial charge is 0.272 e. The standard InChI is InChI=1S/C12H17N3O3/c1-8-7-11(15(17)18)9(2)6-10(8)14-12(16)4-3-5-13/h6-7H,3-5,13H2,1-2H3,(H,14,16). The Balaban J connectivity index is 2.88. The fourth-order valence-electron chi connectivity index (χ4n) is 1.61. The van der Waals surface area contributed by atoms with Gasteiger partial charge in [0.2, 0.25) is 5.91 Å². The lowest BCUT2D eigenvalue weighted by Crippen LogP contribution is -2.14. The van der Waals surface area contributed by atoms with E-state index < -0.39 is 4.92 Å². The van der Waals surface area contributed by atoms with Crippen molar-refractivity contribution in [3.05, 3.63) is 33.4 Å². The topological polar surface area (TPSA) is 98.3 Å². The lowest BCUT2D eigenvalue weighted by atomic mass is 10.1. The Bertz CT molecular complexity index is 472. The summed E-state index contributed by atoms with van der Waals surface area (Å²) in [7, 11) is 0. The maximum Gasteiger partial charge on any atom is 0.272 e. The van der Waals surface area contributed by atoms with Crippen molar-refractivity contribution < 1.29 is 9.72 Å². The number of aryl methyl sites for hydroxylation is 2. The van der Waals surface area contributed by atoms with Gasteiger partial charge in [0.15, 0.2) is 0 Å². The monoisotopic (exact) mass is 251 g/mol. The summed E-state index contributed by atoms with van der Waals surface area (Å²) < 4.78 is 0. The predicted molar refractivity (Wildman–Crippen MR) is 69.5 cm³/mol. The summed E-state index contributed by atoms with van der Waals surface area (Å²) in [5.41, 5.74) is 7.20. The molecule has 0 heterocycles. The van der Waals surface area contributed by atoms with Gasteiger partial charge in [0.05, 0.1) is 4.92 Å². The normalized spacial score (nSPS) is 10.2. The van der Waals surface area contributed by atoms with Gasteiger partial charge in [0.1, 0.15) is 0 Å². The molecule has 1 amide bonds. The largest absolute Gasteiger partial charge is 0.330 e. The summed E-state index contributed by atoms with van der Waals surface area (Å²) in [6.07, 6.45) is 0.975. The summed E-state index contributed by atoms with van der Waals surface area (Å²) in [5.74, 6) is -0.128. The Labute approximate surface area is 105 Å². The number of nitrogens with one attached hydrogen (secondary N) is 1. The second-order valence-electron chi connectivity index (χ2n) is 4.15. The van der Waals surface area contributed by atoms with Crippen molar-refractivity contribution in [1.29, 1.82) is 0 Å². The highest BCUT2D eigenvalue weighted by atomic mass is 16.6. The minimum atomic E-state index is -0.428. The van der Waals surface area contributed by atoms with Gasteiger partial charge in [0, 0.05) is 23.7 Å². The number of benzene rings is 1. The molecule has 1 aromatic carbocycles. The van der Waals surface area contributed by atoms with Crippen molar-refractivity contribution in [3.8, 4) is 0 Å². The third-order valence-electron chi connectivity index (χ3n) is 2.62. The van der Waals surface area contributed by atoms with Crippen LogP contribution in [-0.4, -0.2) is 17.4 Å². The number of nitro benzene ring substituents is 1. The number of carbonyl (C=O) groups is 1. The third kappa shape index (κ3) is 3.53. The van der Waals surface area contributed by atoms with Gasteiger partial charge in [-0.05, 0) is 38.4 Å². The summed E-state index contributed by atoms with van der Waals surface area (Å²) >= 11 is 0. The molecule has 0 aromatic heterocycles. The van der Waals surface area contributed by atoms with Gasteiger partial charge < -0.3 is 11.1 Å². The first-order valence-corrected chi connectivity index (χ1v) is 5.71. The molecular weight excluding hydrogens is 234 g/mol. The fraction of sp³-hybridized carbons (Fsp3) is 0.417. The molecule has 0 aliphatic carbocycles. The van der Waals surface area contributed by atoms with Crippen LogP contribution in [0.4, 0.5) is 11.4 Å². The maximum absolute atomic E-state index is 11.6. The van der Waals surface area contributed by atoms with E-state index in [0.29, 0.717) is 36.2 Å². The van der Waals surface area contributed by atoms with E-state index in [0.717, 1.165) is 0 Å². The van der Waals surface area contributed by atoms with E-state index in [1.165, 1.54) is 6.07 Å². The molecule has 3 N–H and O–H groups in total. The Kier molecular flexibility index (Phi) is 4.79. The molecule has 0 spiro atoms. The quantitative estimate of drug-likeness (QED) is 0.616. The lowest BCUT2D eigenvalue weighted by molar-refractivity contribution is -0.385. The molecular formula is C12H17N3O3. The Hall–Kier alpha value is -1.95. The zero-order valence-electron chi connectivity index (χ0n) is 10.5. The van der Waals surface area contributed by atoms with Crippen LogP contribution in [0, 0.1) is 24.0 Å². The molecule has 1 rings (SSSR count). The minimum Gasteiger partial charge on any atom is -0.330 e. The van der Waals surface area contributed by atoms with E-state index in [4.69, 9.17) is 5.73 Å². The number of anilines is 1. The first-order chi connectivity index (χ1) is 8.45. The lowest BCUT2D eigenvalue weighted by Gasteiger charge is -2.09. The van der Waals surface area contributed by atoms with Gasteiger partial charge in [-0.2, -0.15) is 0 Å². The van der Waals surface area contributed by atoms with Crippen molar-refractivity contribution in [2.45, 2.75) is 26.7 Å². The zero-order chi connectivity index (χ0) is 13.7. The minimum absolute atomic E-state index is 0.0625. The summed E-state index contributed by atoms with van der Waals surface area (Å²) in [4.78, 5) is 21.9. The molecule has 0 aliphatic heterocycles. The van der Waals surface area contributed by atoms with Crippen LogP contribution in [-0.2, 0) is 4.79 Å². The van der Waals surface area contributed by atoms with Gasteiger partial charge in [-0.25, -0.2) is 0 Å². The van der Waals surface area contributed by atoms with Gasteiger partial charge in [-0.1, -0.05) is 0 Å². The van der Waals surface area contributed by atoms with Gasteiger partial charge in [-0.3, -0.25) is 14.9 Å². The van der Waals surface area contributed by atoms with E-state index >= 15 is 0 Å². The predicted octanol–water partition coefficient (Wildman–Crippen LogP) is 1.89. The molecule has 0 saturated carbocycles. The number of hydrogen-bond donors (Lipinski definition) is 2. The molecule has 0 aliphatic rings. The number of hydrogen-bond acceptors (Lipinski definition) is 4. The van der Waals surface area contributed by atoms with Crippen LogP contribution in [0.25, 0.3) is 0 Å². The zero-order valence-corrected chi connectivity index (χ0v) is 10.5. The molecule has 0 radical (unpaired) electrons. The Morgan fingerprint density at radius 1 is 1.39 bits per heavy atom. The number of carbonyl (C=O) groups excluding carboxylic acids is 1. The van der Waals surface area contributed by atoms with Crippen LogP contribution in [0.5, 0.6) is 0 Å². The Morgan fingerprint density at radius 3 is 2.61 bits per heavy atom. The average Bonchev–Trinajstić information content (AvgIpc) is 2.30. The van der Waals surface area contributed by atoms with E-state index in [1.807, 2.05) is 0 Å². The molecule has 18 heavy (non-hydrogen) atoms. The Morgan fingerprint density at radius 2 is 2.06 bits per heavy atom. The number of nitro groups is 1. The van der Waals surface area contributed by atoms with Crippen molar-refractivity contribution >= 4 is 17.3 Å². The van der Waals surface area contributed by atoms with Gasteiger partial charge >= 0.3 is 0 Å². The molecule has 0 fully saturated rings. The van der Waals surface area contributed by atoms with Crippen molar-refractivity contribution in [3.63, 3.8) is 0 Å². The summed E-state index contributed by atoms with van der Waals surface area (Å²) in [6.45, 7) is 3.84. The van der Waals surface area contributed by atoms with Gasteiger partial charge in [0.25, 0.3) is 5.69 Å². The van der Waals surface area contributed by atoms with Crippen LogP contribution in [0.2, 0.25) is 0 Å². The fourth-order valence-corrected chi connectivity index (χ4v) is 1.61. The van der Waals surface area contributed by atoms with Crippen LogP contribution in [0.15, 0.2) is 12.1 Å². The second kappa shape index (κ2) is 6.11. The highest BCUT2D eigenvalue weighted by Crippen LogP contribution is 2.26. The van der Waals surface area contributed by atoms with E-state index in [1.54, 1.807) is 19.9 Å². The molecule has 98 valence electrons. The maximum atomic E-state index is 11.6. The summed E-state index contributed by atoms with van der Waals surface area (Å²) in [6, 6.07) is 3.09. The molecule has 6 heteroatoms. The number of rotatable bonds is 5. The molecule has 0 saturated heterocycles. The van der Waals surface area contributed by atoms with Crippen molar-refractivity contribution in [2.75, 3.05) is 11.9 Å². The molecule has 0 atom stereocenters. The molecule has 0 bridgehead atoms. The number of amides is 1.